The maximum Gasteiger partial charge on any atom is 0.325 e. The SMILES string of the molecule is COc1cc(C2NC(Cc3c[nH]c4ccccc34)(C(=O)O)C3C(=O)N(C4CCCCC4)C(=O)C23)cc(Br)c1OC. The predicted molar refractivity (Wildman–Crippen MR) is 151 cm³/mol. The molecule has 2 amide bonds. The Morgan fingerprint density at radius 1 is 1.10 bits per heavy atom. The predicted octanol–water partition coefficient (Wildman–Crippen LogP) is 4.59. The minimum atomic E-state index is -1.70. The number of para-hydroxylation sites is 1. The van der Waals surface area contributed by atoms with Crippen molar-refractivity contribution in [3.8, 4) is 11.5 Å². The van der Waals surface area contributed by atoms with Crippen LogP contribution in [0.2, 0.25) is 0 Å². The third-order valence-electron chi connectivity index (χ3n) is 8.97. The molecule has 1 saturated carbocycles. The number of hydrogen-bond donors (Lipinski definition) is 3. The minimum Gasteiger partial charge on any atom is -0.493 e. The fraction of sp³-hybridized carbons (Fsp3) is 0.433. The van der Waals surface area contributed by atoms with Gasteiger partial charge in [-0.15, -0.1) is 0 Å². The third-order valence-corrected chi connectivity index (χ3v) is 9.56. The number of aromatic nitrogens is 1. The number of halogens is 1. The van der Waals surface area contributed by atoms with E-state index in [1.807, 2.05) is 24.3 Å². The second-order valence-corrected chi connectivity index (χ2v) is 11.9. The molecule has 10 heteroatoms. The average molecular weight is 611 g/mol. The van der Waals surface area contributed by atoms with E-state index in [1.54, 1.807) is 18.3 Å². The smallest absolute Gasteiger partial charge is 0.325 e. The van der Waals surface area contributed by atoms with Crippen LogP contribution in [0.1, 0.15) is 49.3 Å². The van der Waals surface area contributed by atoms with Gasteiger partial charge in [0, 0.05) is 35.6 Å². The second-order valence-electron chi connectivity index (χ2n) is 11.0. The van der Waals surface area contributed by atoms with Crippen molar-refractivity contribution in [2.45, 2.75) is 56.1 Å². The Morgan fingerprint density at radius 3 is 2.55 bits per heavy atom. The van der Waals surface area contributed by atoms with Gasteiger partial charge in [0.2, 0.25) is 11.8 Å². The largest absolute Gasteiger partial charge is 0.493 e. The number of H-pyrrole nitrogens is 1. The Kier molecular flexibility index (Phi) is 6.86. The molecule has 9 nitrogen and oxygen atoms in total. The van der Waals surface area contributed by atoms with E-state index in [4.69, 9.17) is 9.47 Å². The van der Waals surface area contributed by atoms with Gasteiger partial charge in [-0.1, -0.05) is 37.5 Å². The molecular formula is C30H32BrN3O6. The molecule has 3 N–H and O–H groups in total. The average Bonchev–Trinajstić information content (AvgIpc) is 3.60. The van der Waals surface area contributed by atoms with Crippen molar-refractivity contribution < 1.29 is 29.0 Å². The van der Waals surface area contributed by atoms with Crippen molar-refractivity contribution in [2.75, 3.05) is 14.2 Å². The van der Waals surface area contributed by atoms with Gasteiger partial charge in [0.1, 0.15) is 5.54 Å². The number of aliphatic carboxylic acids is 1. The van der Waals surface area contributed by atoms with Crippen molar-refractivity contribution in [3.63, 3.8) is 0 Å². The van der Waals surface area contributed by atoms with Gasteiger partial charge in [-0.3, -0.25) is 24.6 Å². The van der Waals surface area contributed by atoms with E-state index in [1.165, 1.54) is 19.1 Å². The first kappa shape index (κ1) is 26.8. The Morgan fingerprint density at radius 2 is 1.85 bits per heavy atom. The number of carboxylic acids is 1. The number of fused-ring (bicyclic) bond motifs is 2. The number of imide groups is 1. The summed E-state index contributed by atoms with van der Waals surface area (Å²) in [5.74, 6) is -2.85. The lowest BCUT2D eigenvalue weighted by Crippen LogP contribution is -2.58. The van der Waals surface area contributed by atoms with E-state index in [0.717, 1.165) is 48.6 Å². The zero-order valence-electron chi connectivity index (χ0n) is 22.4. The van der Waals surface area contributed by atoms with Crippen LogP contribution in [0, 0.1) is 11.8 Å². The van der Waals surface area contributed by atoms with Gasteiger partial charge in [-0.25, -0.2) is 0 Å². The van der Waals surface area contributed by atoms with Gasteiger partial charge in [0.05, 0.1) is 30.5 Å². The Balaban J connectivity index is 1.50. The van der Waals surface area contributed by atoms with Crippen LogP contribution in [-0.2, 0) is 20.8 Å². The summed E-state index contributed by atoms with van der Waals surface area (Å²) < 4.78 is 11.6. The highest BCUT2D eigenvalue weighted by molar-refractivity contribution is 9.10. The standard InChI is InChI=1S/C30H32BrN3O6/c1-39-22-13-16(12-20(31)26(22)40-2)25-23-24(28(36)34(27(23)35)18-8-4-3-5-9-18)30(33-25,29(37)38)14-17-15-32-21-11-7-6-10-19(17)21/h6-7,10-13,15,18,23-25,32-33H,3-5,8-9,14H2,1-2H3,(H,37,38). The van der Waals surface area contributed by atoms with Crippen molar-refractivity contribution in [1.82, 2.24) is 15.2 Å². The van der Waals surface area contributed by atoms with Crippen molar-refractivity contribution in [1.29, 1.82) is 0 Å². The van der Waals surface area contributed by atoms with Gasteiger partial charge in [-0.2, -0.15) is 0 Å². The van der Waals surface area contributed by atoms with Crippen LogP contribution < -0.4 is 14.8 Å². The number of rotatable bonds is 7. The first-order valence-electron chi connectivity index (χ1n) is 13.6. The second kappa shape index (κ2) is 10.2. The van der Waals surface area contributed by atoms with E-state index in [9.17, 15) is 19.5 Å². The molecular weight excluding hydrogens is 578 g/mol. The molecule has 3 heterocycles. The van der Waals surface area contributed by atoms with Crippen LogP contribution in [0.25, 0.3) is 10.9 Å². The van der Waals surface area contributed by atoms with Crippen molar-refractivity contribution in [3.05, 3.63) is 58.2 Å². The summed E-state index contributed by atoms with van der Waals surface area (Å²) in [6.45, 7) is 0. The van der Waals surface area contributed by atoms with Crippen molar-refractivity contribution in [2.24, 2.45) is 11.8 Å². The fourth-order valence-electron chi connectivity index (χ4n) is 7.14. The topological polar surface area (TPSA) is 121 Å². The molecule has 1 aromatic heterocycles. The van der Waals surface area contributed by atoms with Crippen LogP contribution in [0.4, 0.5) is 0 Å². The zero-order chi connectivity index (χ0) is 28.2. The lowest BCUT2D eigenvalue weighted by atomic mass is 9.76. The molecule has 3 aromatic rings. The van der Waals surface area contributed by atoms with Crippen LogP contribution >= 0.6 is 15.9 Å². The number of aromatic amines is 1. The number of carbonyl (C=O) groups excluding carboxylic acids is 2. The van der Waals surface area contributed by atoms with E-state index < -0.39 is 35.3 Å². The number of benzene rings is 2. The van der Waals surface area contributed by atoms with Gasteiger partial charge in [0.15, 0.2) is 11.5 Å². The normalized spacial score (nSPS) is 26.9. The van der Waals surface area contributed by atoms with Crippen LogP contribution in [0.3, 0.4) is 0 Å². The Hall–Kier alpha value is -3.37. The van der Waals surface area contributed by atoms with Gasteiger partial charge < -0.3 is 19.6 Å². The number of likely N-dealkylation sites (tertiary alicyclic amines) is 1. The minimum absolute atomic E-state index is 0.0377. The number of carboxylic acid groups (broad SMARTS) is 1. The number of amides is 2. The van der Waals surface area contributed by atoms with Gasteiger partial charge >= 0.3 is 5.97 Å². The molecule has 0 bridgehead atoms. The molecule has 4 atom stereocenters. The monoisotopic (exact) mass is 609 g/mol. The molecule has 40 heavy (non-hydrogen) atoms. The summed E-state index contributed by atoms with van der Waals surface area (Å²) in [4.78, 5) is 46.3. The maximum atomic E-state index is 14.2. The van der Waals surface area contributed by atoms with E-state index in [0.29, 0.717) is 21.5 Å². The molecule has 2 aliphatic heterocycles. The van der Waals surface area contributed by atoms with Crippen LogP contribution in [0.15, 0.2) is 47.1 Å². The Labute approximate surface area is 240 Å². The summed E-state index contributed by atoms with van der Waals surface area (Å²) in [6, 6.07) is 10.3. The van der Waals surface area contributed by atoms with Gasteiger partial charge in [0.25, 0.3) is 0 Å². The molecule has 0 spiro atoms. The third kappa shape index (κ3) is 4.03. The number of carbonyl (C=O) groups is 3. The number of hydrogen-bond acceptors (Lipinski definition) is 6. The van der Waals surface area contributed by atoms with Crippen LogP contribution in [0.5, 0.6) is 11.5 Å². The summed E-state index contributed by atoms with van der Waals surface area (Å²) in [5.41, 5.74) is 0.601. The molecule has 1 aliphatic carbocycles. The number of nitrogens with one attached hydrogen (secondary N) is 2. The summed E-state index contributed by atoms with van der Waals surface area (Å²) in [6.07, 6.45) is 6.30. The molecule has 3 aliphatic rings. The molecule has 2 aromatic carbocycles. The van der Waals surface area contributed by atoms with E-state index in [2.05, 4.69) is 26.2 Å². The number of nitrogens with zero attached hydrogens (tertiary/aromatic N) is 1. The number of ether oxygens (including phenoxy) is 2. The van der Waals surface area contributed by atoms with E-state index >= 15 is 0 Å². The maximum absolute atomic E-state index is 14.2. The molecule has 3 fully saturated rings. The molecule has 4 unspecified atom stereocenters. The highest BCUT2D eigenvalue weighted by atomic mass is 79.9. The summed E-state index contributed by atoms with van der Waals surface area (Å²) in [5, 5.41) is 15.1. The van der Waals surface area contributed by atoms with E-state index in [-0.39, 0.29) is 18.4 Å². The highest BCUT2D eigenvalue weighted by Crippen LogP contribution is 2.53. The summed E-state index contributed by atoms with van der Waals surface area (Å²) in [7, 11) is 3.05. The zero-order valence-corrected chi connectivity index (χ0v) is 24.0. The lowest BCUT2D eigenvalue weighted by molar-refractivity contribution is -0.152. The molecule has 0 radical (unpaired) electrons. The first-order chi connectivity index (χ1) is 19.3. The molecule has 210 valence electrons. The molecule has 2 saturated heterocycles. The lowest BCUT2D eigenvalue weighted by Gasteiger charge is -2.34. The quantitative estimate of drug-likeness (QED) is 0.335. The highest BCUT2D eigenvalue weighted by Gasteiger charge is 2.69. The molecule has 6 rings (SSSR count). The number of methoxy groups -OCH3 is 2. The van der Waals surface area contributed by atoms with Crippen molar-refractivity contribution >= 4 is 44.6 Å². The van der Waals surface area contributed by atoms with Gasteiger partial charge in [-0.05, 0) is 58.1 Å². The first-order valence-corrected chi connectivity index (χ1v) is 14.4. The fourth-order valence-corrected chi connectivity index (χ4v) is 7.76. The van der Waals surface area contributed by atoms with Crippen LogP contribution in [-0.4, -0.2) is 58.6 Å². The Bertz CT molecular complexity index is 1500. The summed E-state index contributed by atoms with van der Waals surface area (Å²) >= 11 is 3.54.